The summed E-state index contributed by atoms with van der Waals surface area (Å²) in [7, 11) is 1.95. The van der Waals surface area contributed by atoms with Gasteiger partial charge in [-0.15, -0.1) is 0 Å². The first-order valence-electron chi connectivity index (χ1n) is 6.77. The molecule has 0 atom stereocenters. The number of nitrogens with zero attached hydrogens (tertiary/aromatic N) is 1. The summed E-state index contributed by atoms with van der Waals surface area (Å²) in [5.41, 5.74) is 3.24. The van der Waals surface area contributed by atoms with Crippen molar-refractivity contribution >= 4 is 28.2 Å². The van der Waals surface area contributed by atoms with Crippen LogP contribution in [0, 0.1) is 12.0 Å². The van der Waals surface area contributed by atoms with Crippen molar-refractivity contribution in [3.05, 3.63) is 65.3 Å². The minimum atomic E-state index is 0.737. The summed E-state index contributed by atoms with van der Waals surface area (Å²) in [5.74, 6) is 3.19. The van der Waals surface area contributed by atoms with Crippen LogP contribution < -0.4 is 4.90 Å². The summed E-state index contributed by atoms with van der Waals surface area (Å²) in [5, 5.41) is 1.75. The first-order chi connectivity index (χ1) is 10.3. The largest absolute Gasteiger partial charge is 0.359 e. The Kier molecular flexibility index (Phi) is 3.85. The molecule has 2 nitrogen and oxygen atoms in total. The van der Waals surface area contributed by atoms with Crippen LogP contribution in [-0.2, 0) is 6.42 Å². The second kappa shape index (κ2) is 5.95. The summed E-state index contributed by atoms with van der Waals surface area (Å²) >= 11 is 6.28. The second-order valence-electron chi connectivity index (χ2n) is 4.85. The number of anilines is 1. The molecule has 0 radical (unpaired) electrons. The lowest BCUT2D eigenvalue weighted by Gasteiger charge is -2.09. The molecule has 0 amide bonds. The number of H-pyrrole nitrogens is 1. The van der Waals surface area contributed by atoms with Crippen LogP contribution in [0.4, 0.5) is 5.69 Å². The number of aromatic amines is 1. The van der Waals surface area contributed by atoms with Crippen LogP contribution in [0.2, 0.25) is 5.02 Å². The van der Waals surface area contributed by atoms with Crippen LogP contribution in [0.5, 0.6) is 0 Å². The fourth-order valence-corrected chi connectivity index (χ4v) is 2.58. The minimum absolute atomic E-state index is 0.737. The zero-order chi connectivity index (χ0) is 14.7. The van der Waals surface area contributed by atoms with Gasteiger partial charge < -0.3 is 9.88 Å². The van der Waals surface area contributed by atoms with Gasteiger partial charge in [0.2, 0.25) is 0 Å². The lowest BCUT2D eigenvalue weighted by molar-refractivity contribution is 1.24. The van der Waals surface area contributed by atoms with Crippen molar-refractivity contribution in [3.8, 4) is 12.0 Å². The Morgan fingerprint density at radius 1 is 1.10 bits per heavy atom. The number of rotatable bonds is 2. The molecule has 0 aliphatic heterocycles. The Labute approximate surface area is 129 Å². The number of fused-ring (bicyclic) bond motifs is 1. The van der Waals surface area contributed by atoms with Gasteiger partial charge in [-0.2, -0.15) is 0 Å². The molecule has 104 valence electrons. The molecule has 0 unspecified atom stereocenters. The molecule has 0 bridgehead atoms. The normalized spacial score (nSPS) is 10.2. The zero-order valence-electron chi connectivity index (χ0n) is 11.7. The third-order valence-electron chi connectivity index (χ3n) is 3.38. The Morgan fingerprint density at radius 2 is 1.90 bits per heavy atom. The molecule has 3 aromatic rings. The number of hydrogen-bond donors (Lipinski definition) is 1. The SMILES string of the molecule is CN(C#CCc1ccccc1)c1c[nH]c2cccc(Cl)c12. The number of hydrogen-bond acceptors (Lipinski definition) is 1. The van der Waals surface area contributed by atoms with Crippen LogP contribution in [0.3, 0.4) is 0 Å². The number of nitrogens with one attached hydrogen (secondary N) is 1. The predicted octanol–water partition coefficient (Wildman–Crippen LogP) is 4.46. The lowest BCUT2D eigenvalue weighted by atomic mass is 10.2. The van der Waals surface area contributed by atoms with E-state index < -0.39 is 0 Å². The van der Waals surface area contributed by atoms with Crippen LogP contribution in [0.15, 0.2) is 54.7 Å². The smallest absolute Gasteiger partial charge is 0.0754 e. The van der Waals surface area contributed by atoms with E-state index in [0.717, 1.165) is 28.0 Å². The van der Waals surface area contributed by atoms with Gasteiger partial charge in [0.25, 0.3) is 0 Å². The zero-order valence-corrected chi connectivity index (χ0v) is 12.5. The molecule has 2 aromatic carbocycles. The highest BCUT2D eigenvalue weighted by Crippen LogP contribution is 2.31. The molecule has 0 aliphatic rings. The van der Waals surface area contributed by atoms with Gasteiger partial charge in [0.15, 0.2) is 0 Å². The predicted molar refractivity (Wildman–Crippen MR) is 89.6 cm³/mol. The maximum Gasteiger partial charge on any atom is 0.0754 e. The van der Waals surface area contributed by atoms with Crippen molar-refractivity contribution in [2.24, 2.45) is 0 Å². The van der Waals surface area contributed by atoms with Crippen molar-refractivity contribution in [1.29, 1.82) is 0 Å². The quantitative estimate of drug-likeness (QED) is 0.546. The third-order valence-corrected chi connectivity index (χ3v) is 3.69. The summed E-state index contributed by atoms with van der Waals surface area (Å²) in [6, 6.07) is 19.2. The third kappa shape index (κ3) is 2.89. The summed E-state index contributed by atoms with van der Waals surface area (Å²) in [4.78, 5) is 5.13. The van der Waals surface area contributed by atoms with Gasteiger partial charge in [0, 0.05) is 36.6 Å². The Bertz CT molecular complexity index is 809. The van der Waals surface area contributed by atoms with Crippen LogP contribution in [0.1, 0.15) is 5.56 Å². The first kappa shape index (κ1) is 13.6. The molecular weight excluding hydrogens is 280 g/mol. The monoisotopic (exact) mass is 294 g/mol. The topological polar surface area (TPSA) is 19.0 Å². The van der Waals surface area contributed by atoms with Gasteiger partial charge in [-0.1, -0.05) is 53.9 Å². The Morgan fingerprint density at radius 3 is 2.71 bits per heavy atom. The van der Waals surface area contributed by atoms with E-state index >= 15 is 0 Å². The Balaban J connectivity index is 1.83. The van der Waals surface area contributed by atoms with Gasteiger partial charge in [-0.05, 0) is 17.7 Å². The van der Waals surface area contributed by atoms with E-state index in [1.165, 1.54) is 5.56 Å². The van der Waals surface area contributed by atoms with Crippen LogP contribution in [0.25, 0.3) is 10.9 Å². The molecular formula is C18H15ClN2. The van der Waals surface area contributed by atoms with E-state index in [9.17, 15) is 0 Å². The summed E-state index contributed by atoms with van der Waals surface area (Å²) in [6.45, 7) is 0. The van der Waals surface area contributed by atoms with Crippen LogP contribution in [-0.4, -0.2) is 12.0 Å². The molecule has 0 saturated heterocycles. The second-order valence-corrected chi connectivity index (χ2v) is 5.25. The number of halogens is 1. The Hall–Kier alpha value is -2.37. The highest BCUT2D eigenvalue weighted by atomic mass is 35.5. The number of aromatic nitrogens is 1. The highest BCUT2D eigenvalue weighted by molar-refractivity contribution is 6.36. The van der Waals surface area contributed by atoms with Crippen molar-refractivity contribution < 1.29 is 0 Å². The lowest BCUT2D eigenvalue weighted by Crippen LogP contribution is -2.08. The van der Waals surface area contributed by atoms with Gasteiger partial charge in [0.05, 0.1) is 10.7 Å². The molecule has 0 aliphatic carbocycles. The molecule has 1 heterocycles. The fourth-order valence-electron chi connectivity index (χ4n) is 2.30. The standard InChI is InChI=1S/C18H15ClN2/c1-21(12-6-9-14-7-3-2-4-8-14)17-13-20-16-11-5-10-15(19)18(16)17/h2-5,7-8,10-11,13,20H,9H2,1H3. The van der Waals surface area contributed by atoms with Crippen LogP contribution >= 0.6 is 11.6 Å². The van der Waals surface area contributed by atoms with Crippen molar-refractivity contribution in [1.82, 2.24) is 4.98 Å². The van der Waals surface area contributed by atoms with E-state index in [-0.39, 0.29) is 0 Å². The summed E-state index contributed by atoms with van der Waals surface area (Å²) < 4.78 is 0. The molecule has 3 rings (SSSR count). The van der Waals surface area contributed by atoms with Gasteiger partial charge in [-0.25, -0.2) is 0 Å². The average molecular weight is 295 g/mol. The van der Waals surface area contributed by atoms with Gasteiger partial charge in [0.1, 0.15) is 0 Å². The van der Waals surface area contributed by atoms with E-state index in [2.05, 4.69) is 29.1 Å². The van der Waals surface area contributed by atoms with Gasteiger partial charge >= 0.3 is 0 Å². The number of benzene rings is 2. The minimum Gasteiger partial charge on any atom is -0.359 e. The molecule has 1 aromatic heterocycles. The van der Waals surface area contributed by atoms with Crippen molar-refractivity contribution in [2.45, 2.75) is 6.42 Å². The summed E-state index contributed by atoms with van der Waals surface area (Å²) in [6.07, 6.45) is 2.68. The van der Waals surface area contributed by atoms with E-state index in [0.29, 0.717) is 0 Å². The van der Waals surface area contributed by atoms with E-state index in [4.69, 9.17) is 11.6 Å². The molecule has 0 spiro atoms. The maximum absolute atomic E-state index is 6.28. The average Bonchev–Trinajstić information content (AvgIpc) is 2.94. The van der Waals surface area contributed by atoms with E-state index in [1.807, 2.05) is 54.5 Å². The van der Waals surface area contributed by atoms with Gasteiger partial charge in [-0.3, -0.25) is 0 Å². The van der Waals surface area contributed by atoms with Crippen molar-refractivity contribution in [3.63, 3.8) is 0 Å². The molecule has 1 N–H and O–H groups in total. The fraction of sp³-hybridized carbons (Fsp3) is 0.111. The first-order valence-corrected chi connectivity index (χ1v) is 7.15. The highest BCUT2D eigenvalue weighted by Gasteiger charge is 2.09. The molecule has 21 heavy (non-hydrogen) atoms. The molecule has 0 saturated carbocycles. The van der Waals surface area contributed by atoms with Crippen molar-refractivity contribution in [2.75, 3.05) is 11.9 Å². The molecule has 3 heteroatoms. The maximum atomic E-state index is 6.28. The molecule has 0 fully saturated rings. The van der Waals surface area contributed by atoms with E-state index in [1.54, 1.807) is 0 Å².